The van der Waals surface area contributed by atoms with Crippen LogP contribution in [0.2, 0.25) is 0 Å². The number of carbonyl (C=O) groups is 1. The molecule has 7 heteroatoms. The zero-order valence-electron chi connectivity index (χ0n) is 19.3. The zero-order chi connectivity index (χ0) is 23.4. The van der Waals surface area contributed by atoms with Crippen LogP contribution in [0.15, 0.2) is 60.7 Å². The molecule has 2 heterocycles. The van der Waals surface area contributed by atoms with Crippen LogP contribution in [0, 0.1) is 6.92 Å². The van der Waals surface area contributed by atoms with E-state index in [1.807, 2.05) is 79.2 Å². The molecular formula is C26H28N4O3. The van der Waals surface area contributed by atoms with E-state index in [0.29, 0.717) is 19.0 Å². The van der Waals surface area contributed by atoms with E-state index in [4.69, 9.17) is 14.5 Å². The minimum atomic E-state index is -0.719. The number of aryl methyl sites for hydroxylation is 2. The molecule has 7 nitrogen and oxygen atoms in total. The molecule has 33 heavy (non-hydrogen) atoms. The largest absolute Gasteiger partial charge is 0.497 e. The fourth-order valence-electron chi connectivity index (χ4n) is 3.81. The Kier molecular flexibility index (Phi) is 6.58. The second-order valence-electron chi connectivity index (χ2n) is 7.80. The fraction of sp³-hybridized carbons (Fsp3) is 0.269. The number of nitrogens with one attached hydrogen (secondary N) is 1. The van der Waals surface area contributed by atoms with Gasteiger partial charge in [-0.05, 0) is 49.6 Å². The van der Waals surface area contributed by atoms with Crippen LogP contribution in [-0.4, -0.2) is 33.9 Å². The lowest BCUT2D eigenvalue weighted by Gasteiger charge is -2.16. The summed E-state index contributed by atoms with van der Waals surface area (Å²) in [5, 5.41) is 8.54. The number of rotatable bonds is 8. The third-order valence-electron chi connectivity index (χ3n) is 5.51. The number of hydrogen-bond acceptors (Lipinski definition) is 5. The standard InChI is InChI=1S/C26H28N4O3/c1-5-30-25-24(17(2)29-30)22(20-11-7-6-8-12-20)15-23(28-25)33-18(3)26(31)27-16-19-10-9-13-21(14-19)32-4/h6-15,18H,5,16H2,1-4H3,(H,27,31)/t18-/m1/s1. The Morgan fingerprint density at radius 1 is 1.12 bits per heavy atom. The van der Waals surface area contributed by atoms with Gasteiger partial charge in [0.2, 0.25) is 5.88 Å². The first-order valence-corrected chi connectivity index (χ1v) is 11.0. The van der Waals surface area contributed by atoms with Gasteiger partial charge in [-0.25, -0.2) is 4.68 Å². The first-order valence-electron chi connectivity index (χ1n) is 11.0. The summed E-state index contributed by atoms with van der Waals surface area (Å²) in [5.41, 5.74) is 4.63. The Bertz CT molecular complexity index is 1270. The molecule has 4 aromatic rings. The lowest BCUT2D eigenvalue weighted by atomic mass is 10.0. The number of benzene rings is 2. The minimum absolute atomic E-state index is 0.221. The van der Waals surface area contributed by atoms with Gasteiger partial charge < -0.3 is 14.8 Å². The quantitative estimate of drug-likeness (QED) is 0.432. The van der Waals surface area contributed by atoms with Gasteiger partial charge in [-0.15, -0.1) is 0 Å². The summed E-state index contributed by atoms with van der Waals surface area (Å²) in [6.07, 6.45) is -0.719. The lowest BCUT2D eigenvalue weighted by Crippen LogP contribution is -2.36. The van der Waals surface area contributed by atoms with Crippen molar-refractivity contribution in [3.63, 3.8) is 0 Å². The van der Waals surface area contributed by atoms with E-state index in [0.717, 1.165) is 39.2 Å². The number of methoxy groups -OCH3 is 1. The highest BCUT2D eigenvalue weighted by molar-refractivity contribution is 5.95. The second-order valence-corrected chi connectivity index (χ2v) is 7.80. The summed E-state index contributed by atoms with van der Waals surface area (Å²) in [5.74, 6) is 0.918. The number of nitrogens with zero attached hydrogens (tertiary/aromatic N) is 3. The number of pyridine rings is 1. The summed E-state index contributed by atoms with van der Waals surface area (Å²) in [6.45, 7) is 6.80. The molecule has 1 atom stereocenters. The maximum absolute atomic E-state index is 12.7. The van der Waals surface area contributed by atoms with Crippen LogP contribution in [0.1, 0.15) is 25.1 Å². The maximum Gasteiger partial charge on any atom is 0.261 e. The molecule has 0 aliphatic heterocycles. The molecule has 0 bridgehead atoms. The first kappa shape index (κ1) is 22.3. The van der Waals surface area contributed by atoms with Gasteiger partial charge in [-0.2, -0.15) is 10.1 Å². The molecular weight excluding hydrogens is 416 g/mol. The van der Waals surface area contributed by atoms with E-state index in [-0.39, 0.29) is 5.91 Å². The average Bonchev–Trinajstić information content (AvgIpc) is 3.18. The molecule has 0 unspecified atom stereocenters. The van der Waals surface area contributed by atoms with Gasteiger partial charge in [0.15, 0.2) is 11.8 Å². The van der Waals surface area contributed by atoms with E-state index < -0.39 is 6.10 Å². The molecule has 1 amide bonds. The van der Waals surface area contributed by atoms with Gasteiger partial charge in [-0.1, -0.05) is 42.5 Å². The summed E-state index contributed by atoms with van der Waals surface area (Å²) in [7, 11) is 1.62. The van der Waals surface area contributed by atoms with Crippen LogP contribution in [0.4, 0.5) is 0 Å². The second kappa shape index (κ2) is 9.73. The predicted molar refractivity (Wildman–Crippen MR) is 128 cm³/mol. The molecule has 0 spiro atoms. The van der Waals surface area contributed by atoms with Crippen LogP contribution >= 0.6 is 0 Å². The van der Waals surface area contributed by atoms with Crippen molar-refractivity contribution in [2.45, 2.75) is 40.0 Å². The SMILES string of the molecule is CCn1nc(C)c2c(-c3ccccc3)cc(O[C@H](C)C(=O)NCc3cccc(OC)c3)nc21. The summed E-state index contributed by atoms with van der Waals surface area (Å²) in [6, 6.07) is 19.5. The molecule has 1 N–H and O–H groups in total. The van der Waals surface area contributed by atoms with E-state index in [2.05, 4.69) is 10.4 Å². The highest BCUT2D eigenvalue weighted by Crippen LogP contribution is 2.33. The molecule has 0 saturated heterocycles. The highest BCUT2D eigenvalue weighted by atomic mass is 16.5. The number of fused-ring (bicyclic) bond motifs is 1. The van der Waals surface area contributed by atoms with Crippen LogP contribution in [0.5, 0.6) is 11.6 Å². The van der Waals surface area contributed by atoms with E-state index in [1.54, 1.807) is 14.0 Å². The van der Waals surface area contributed by atoms with E-state index in [1.165, 1.54) is 0 Å². The van der Waals surface area contributed by atoms with Gasteiger partial charge in [0.25, 0.3) is 5.91 Å². The summed E-state index contributed by atoms with van der Waals surface area (Å²) in [4.78, 5) is 17.4. The maximum atomic E-state index is 12.7. The fourth-order valence-corrected chi connectivity index (χ4v) is 3.81. The Morgan fingerprint density at radius 2 is 1.91 bits per heavy atom. The van der Waals surface area contributed by atoms with Crippen molar-refractivity contribution in [2.24, 2.45) is 0 Å². The molecule has 0 radical (unpaired) electrons. The molecule has 0 saturated carbocycles. The Labute approximate surface area is 193 Å². The smallest absolute Gasteiger partial charge is 0.261 e. The van der Waals surface area contributed by atoms with Crippen LogP contribution in [0.25, 0.3) is 22.2 Å². The van der Waals surface area contributed by atoms with E-state index in [9.17, 15) is 4.79 Å². The van der Waals surface area contributed by atoms with Crippen molar-refractivity contribution < 1.29 is 14.3 Å². The van der Waals surface area contributed by atoms with Crippen molar-refractivity contribution in [1.82, 2.24) is 20.1 Å². The number of carbonyl (C=O) groups excluding carboxylic acids is 1. The van der Waals surface area contributed by atoms with Gasteiger partial charge >= 0.3 is 0 Å². The van der Waals surface area contributed by atoms with Gasteiger partial charge in [0, 0.05) is 19.2 Å². The molecule has 0 fully saturated rings. The van der Waals surface area contributed by atoms with Crippen LogP contribution in [0.3, 0.4) is 0 Å². The third kappa shape index (κ3) is 4.82. The average molecular weight is 445 g/mol. The summed E-state index contributed by atoms with van der Waals surface area (Å²) >= 11 is 0. The Balaban J connectivity index is 1.58. The topological polar surface area (TPSA) is 78.3 Å². The molecule has 0 aliphatic carbocycles. The number of aromatic nitrogens is 3. The number of amides is 1. The van der Waals surface area contributed by atoms with Crippen molar-refractivity contribution in [3.05, 3.63) is 71.9 Å². The lowest BCUT2D eigenvalue weighted by molar-refractivity contribution is -0.127. The summed E-state index contributed by atoms with van der Waals surface area (Å²) < 4.78 is 13.1. The molecule has 170 valence electrons. The van der Waals surface area contributed by atoms with Crippen molar-refractivity contribution in [3.8, 4) is 22.8 Å². The molecule has 4 rings (SSSR count). The molecule has 0 aliphatic rings. The van der Waals surface area contributed by atoms with Gasteiger partial charge in [0.05, 0.1) is 18.2 Å². The highest BCUT2D eigenvalue weighted by Gasteiger charge is 2.20. The Morgan fingerprint density at radius 3 is 2.64 bits per heavy atom. The normalized spacial score (nSPS) is 11.9. The van der Waals surface area contributed by atoms with E-state index >= 15 is 0 Å². The predicted octanol–water partition coefficient (Wildman–Crippen LogP) is 4.52. The monoisotopic (exact) mass is 444 g/mol. The van der Waals surface area contributed by atoms with Crippen LogP contribution < -0.4 is 14.8 Å². The first-order chi connectivity index (χ1) is 16.0. The minimum Gasteiger partial charge on any atom is -0.497 e. The van der Waals surface area contributed by atoms with Crippen molar-refractivity contribution in [1.29, 1.82) is 0 Å². The zero-order valence-corrected chi connectivity index (χ0v) is 19.3. The van der Waals surface area contributed by atoms with Gasteiger partial charge in [0.1, 0.15) is 5.75 Å². The number of hydrogen-bond donors (Lipinski definition) is 1. The molecule has 2 aromatic carbocycles. The number of ether oxygens (including phenoxy) is 2. The van der Waals surface area contributed by atoms with Gasteiger partial charge in [-0.3, -0.25) is 4.79 Å². The van der Waals surface area contributed by atoms with Crippen molar-refractivity contribution in [2.75, 3.05) is 7.11 Å². The third-order valence-corrected chi connectivity index (χ3v) is 5.51. The molecule has 2 aromatic heterocycles. The van der Waals surface area contributed by atoms with Crippen molar-refractivity contribution >= 4 is 16.9 Å². The Hall–Kier alpha value is -3.87. The van der Waals surface area contributed by atoms with Crippen LogP contribution in [-0.2, 0) is 17.9 Å².